The Labute approximate surface area is 185 Å². The molecule has 0 radical (unpaired) electrons. The maximum absolute atomic E-state index is 12.6. The Morgan fingerprint density at radius 1 is 1.21 bits per heavy atom. The Bertz CT molecular complexity index is 1090. The van der Waals surface area contributed by atoms with Crippen LogP contribution in [0.4, 0.5) is 5.69 Å². The molecule has 1 N–H and O–H groups in total. The molecule has 2 aromatic rings. The number of benzene rings is 2. The number of nitrogens with zero attached hydrogens (tertiary/aromatic N) is 3. The summed E-state index contributed by atoms with van der Waals surface area (Å²) in [5, 5.41) is 12.7. The standard InChI is InChI=1S/C19H21Cl2N3O3S2/c1-12-14(20)6-5-7-16(12)22-18-24(4)19(25,11-28-18)13-8-9-15(21)17(10-13)29(26,27)23(2)3/h5-10,25H,11H2,1-4H3. The lowest BCUT2D eigenvalue weighted by Gasteiger charge is -2.32. The molecular formula is C19H21Cl2N3O3S2. The van der Waals surface area contributed by atoms with Crippen LogP contribution in [0.1, 0.15) is 11.1 Å². The second-order valence-electron chi connectivity index (χ2n) is 6.88. The normalized spacial score (nSPS) is 21.4. The minimum absolute atomic E-state index is 0.0513. The summed E-state index contributed by atoms with van der Waals surface area (Å²) in [6.45, 7) is 1.88. The van der Waals surface area contributed by atoms with E-state index in [0.717, 1.165) is 9.87 Å². The molecule has 0 aliphatic carbocycles. The summed E-state index contributed by atoms with van der Waals surface area (Å²) < 4.78 is 26.3. The molecule has 1 aliphatic rings. The summed E-state index contributed by atoms with van der Waals surface area (Å²) in [5.74, 6) is 0.283. The van der Waals surface area contributed by atoms with Gasteiger partial charge in [-0.2, -0.15) is 0 Å². The van der Waals surface area contributed by atoms with Gasteiger partial charge >= 0.3 is 0 Å². The lowest BCUT2D eigenvalue weighted by atomic mass is 10.0. The molecule has 1 heterocycles. The van der Waals surface area contributed by atoms with Crippen LogP contribution in [0, 0.1) is 6.92 Å². The van der Waals surface area contributed by atoms with Crippen molar-refractivity contribution in [2.75, 3.05) is 26.9 Å². The highest BCUT2D eigenvalue weighted by atomic mass is 35.5. The average Bonchev–Trinajstić information content (AvgIpc) is 2.95. The number of aliphatic imine (C=N–C) groups is 1. The van der Waals surface area contributed by atoms with Gasteiger partial charge < -0.3 is 10.0 Å². The van der Waals surface area contributed by atoms with Crippen molar-refractivity contribution in [2.45, 2.75) is 17.5 Å². The Morgan fingerprint density at radius 3 is 2.55 bits per heavy atom. The van der Waals surface area contributed by atoms with Gasteiger partial charge in [-0.05, 0) is 36.8 Å². The fraction of sp³-hybridized carbons (Fsp3) is 0.316. The molecule has 1 aliphatic heterocycles. The van der Waals surface area contributed by atoms with Crippen LogP contribution in [0.5, 0.6) is 0 Å². The summed E-state index contributed by atoms with van der Waals surface area (Å²) in [4.78, 5) is 6.23. The van der Waals surface area contributed by atoms with Crippen LogP contribution in [0.3, 0.4) is 0 Å². The molecule has 156 valence electrons. The largest absolute Gasteiger partial charge is 0.366 e. The lowest BCUT2D eigenvalue weighted by molar-refractivity contribution is -0.0349. The van der Waals surface area contributed by atoms with E-state index < -0.39 is 15.7 Å². The zero-order chi connectivity index (χ0) is 21.6. The lowest BCUT2D eigenvalue weighted by Crippen LogP contribution is -2.42. The minimum Gasteiger partial charge on any atom is -0.366 e. The predicted molar refractivity (Wildman–Crippen MR) is 120 cm³/mol. The van der Waals surface area contributed by atoms with E-state index in [2.05, 4.69) is 4.99 Å². The van der Waals surface area contributed by atoms with E-state index in [0.29, 0.717) is 21.4 Å². The van der Waals surface area contributed by atoms with Crippen LogP contribution in [-0.2, 0) is 15.7 Å². The van der Waals surface area contributed by atoms with Crippen molar-refractivity contribution in [1.29, 1.82) is 0 Å². The van der Waals surface area contributed by atoms with E-state index >= 15 is 0 Å². The van der Waals surface area contributed by atoms with Crippen molar-refractivity contribution in [3.8, 4) is 0 Å². The van der Waals surface area contributed by atoms with Crippen LogP contribution in [-0.4, -0.2) is 54.8 Å². The first-order valence-electron chi connectivity index (χ1n) is 8.64. The van der Waals surface area contributed by atoms with Crippen molar-refractivity contribution < 1.29 is 13.5 Å². The number of amidine groups is 1. The van der Waals surface area contributed by atoms with Gasteiger partial charge in [-0.25, -0.2) is 17.7 Å². The van der Waals surface area contributed by atoms with Crippen molar-refractivity contribution in [3.63, 3.8) is 0 Å². The van der Waals surface area contributed by atoms with Gasteiger partial charge in [0.15, 0.2) is 10.9 Å². The highest BCUT2D eigenvalue weighted by Gasteiger charge is 2.43. The predicted octanol–water partition coefficient (Wildman–Crippen LogP) is 4.06. The highest BCUT2D eigenvalue weighted by Crippen LogP contribution is 2.41. The van der Waals surface area contributed by atoms with Gasteiger partial charge in [0.05, 0.1) is 16.5 Å². The van der Waals surface area contributed by atoms with E-state index in [1.807, 2.05) is 19.1 Å². The molecule has 1 atom stereocenters. The molecule has 0 aromatic heterocycles. The van der Waals surface area contributed by atoms with Gasteiger partial charge in [0.1, 0.15) is 4.90 Å². The summed E-state index contributed by atoms with van der Waals surface area (Å²) in [6, 6.07) is 10.00. The second kappa shape index (κ2) is 8.09. The molecule has 0 bridgehead atoms. The Kier molecular flexibility index (Phi) is 6.25. The second-order valence-corrected chi connectivity index (χ2v) is 10.8. The first-order chi connectivity index (χ1) is 13.5. The zero-order valence-corrected chi connectivity index (χ0v) is 19.5. The summed E-state index contributed by atoms with van der Waals surface area (Å²) in [6.07, 6.45) is 0. The fourth-order valence-electron chi connectivity index (χ4n) is 2.87. The molecule has 3 rings (SSSR count). The maximum Gasteiger partial charge on any atom is 0.244 e. The summed E-state index contributed by atoms with van der Waals surface area (Å²) >= 11 is 13.7. The van der Waals surface area contributed by atoms with E-state index in [4.69, 9.17) is 23.2 Å². The van der Waals surface area contributed by atoms with Gasteiger partial charge in [-0.3, -0.25) is 0 Å². The van der Waals surface area contributed by atoms with Gasteiger partial charge in [0.2, 0.25) is 10.0 Å². The third kappa shape index (κ3) is 4.02. The third-order valence-corrected chi connectivity index (χ3v) is 8.73. The number of aliphatic hydroxyl groups is 1. The van der Waals surface area contributed by atoms with E-state index in [1.54, 1.807) is 24.1 Å². The Balaban J connectivity index is 2.03. The molecule has 1 fully saturated rings. The molecule has 1 saturated heterocycles. The highest BCUT2D eigenvalue weighted by molar-refractivity contribution is 8.14. The number of rotatable bonds is 4. The quantitative estimate of drug-likeness (QED) is 0.724. The van der Waals surface area contributed by atoms with Crippen LogP contribution < -0.4 is 0 Å². The monoisotopic (exact) mass is 473 g/mol. The molecule has 2 aromatic carbocycles. The molecule has 1 unspecified atom stereocenters. The molecule has 0 spiro atoms. The van der Waals surface area contributed by atoms with Crippen molar-refractivity contribution in [1.82, 2.24) is 9.21 Å². The SMILES string of the molecule is Cc1c(Cl)cccc1N=C1SCC(O)(c2ccc(Cl)c(S(=O)(=O)N(C)C)c2)N1C. The number of hydrogen-bond acceptors (Lipinski definition) is 5. The Morgan fingerprint density at radius 2 is 1.90 bits per heavy atom. The molecule has 0 saturated carbocycles. The molecule has 6 nitrogen and oxygen atoms in total. The van der Waals surface area contributed by atoms with Gasteiger partial charge in [0.25, 0.3) is 0 Å². The molecule has 29 heavy (non-hydrogen) atoms. The smallest absolute Gasteiger partial charge is 0.244 e. The zero-order valence-electron chi connectivity index (χ0n) is 16.3. The number of hydrogen-bond donors (Lipinski definition) is 1. The Hall–Kier alpha value is -1.29. The first kappa shape index (κ1) is 22.4. The van der Waals surface area contributed by atoms with Crippen LogP contribution >= 0.6 is 35.0 Å². The van der Waals surface area contributed by atoms with Crippen molar-refractivity contribution in [3.05, 3.63) is 57.6 Å². The molecule has 10 heteroatoms. The molecule has 0 amide bonds. The summed E-state index contributed by atoms with van der Waals surface area (Å²) in [7, 11) is 0.826. The number of sulfonamides is 1. The third-order valence-electron chi connectivity index (χ3n) is 4.85. The number of thioether (sulfide) groups is 1. The molecular weight excluding hydrogens is 453 g/mol. The topological polar surface area (TPSA) is 73.2 Å². The minimum atomic E-state index is -3.76. The maximum atomic E-state index is 12.6. The van der Waals surface area contributed by atoms with Gasteiger partial charge in [-0.15, -0.1) is 0 Å². The van der Waals surface area contributed by atoms with Gasteiger partial charge in [-0.1, -0.05) is 47.1 Å². The van der Waals surface area contributed by atoms with Crippen LogP contribution in [0.15, 0.2) is 46.3 Å². The van der Waals surface area contributed by atoms with E-state index in [-0.39, 0.29) is 15.7 Å². The van der Waals surface area contributed by atoms with E-state index in [1.165, 1.54) is 38.0 Å². The average molecular weight is 474 g/mol. The van der Waals surface area contributed by atoms with Crippen molar-refractivity contribution >= 4 is 55.8 Å². The van der Waals surface area contributed by atoms with Crippen LogP contribution in [0.2, 0.25) is 10.0 Å². The fourth-order valence-corrected chi connectivity index (χ4v) is 5.63. The van der Waals surface area contributed by atoms with Gasteiger partial charge in [0, 0.05) is 31.7 Å². The van der Waals surface area contributed by atoms with Crippen molar-refractivity contribution in [2.24, 2.45) is 4.99 Å². The number of halogens is 2. The van der Waals surface area contributed by atoms with E-state index in [9.17, 15) is 13.5 Å². The first-order valence-corrected chi connectivity index (χ1v) is 11.8. The van der Waals surface area contributed by atoms with Crippen LogP contribution in [0.25, 0.3) is 0 Å². The summed E-state index contributed by atoms with van der Waals surface area (Å²) in [5.41, 5.74) is 0.544.